The van der Waals surface area contributed by atoms with E-state index in [0.717, 1.165) is 12.0 Å². The number of hydrogen-bond acceptors (Lipinski definition) is 2. The predicted molar refractivity (Wildman–Crippen MR) is 68.4 cm³/mol. The molecule has 0 aromatic heterocycles. The highest BCUT2D eigenvalue weighted by molar-refractivity contribution is 5.84. The summed E-state index contributed by atoms with van der Waals surface area (Å²) < 4.78 is 0. The molecule has 1 aromatic rings. The van der Waals surface area contributed by atoms with E-state index >= 15 is 0 Å². The average Bonchev–Trinajstić information content (AvgIpc) is 2.38. The average molecular weight is 228 g/mol. The molecule has 0 heterocycles. The highest BCUT2D eigenvalue weighted by atomic mass is 16.3. The Labute approximate surface area is 101 Å². The van der Waals surface area contributed by atoms with Crippen LogP contribution in [0, 0.1) is 5.92 Å². The Morgan fingerprint density at radius 3 is 2.76 bits per heavy atom. The first-order valence-corrected chi connectivity index (χ1v) is 5.88. The largest absolute Gasteiger partial charge is 0.388 e. The molecule has 2 heteroatoms. The number of rotatable bonds is 3. The van der Waals surface area contributed by atoms with Gasteiger partial charge in [0.05, 0.1) is 12.0 Å². The zero-order chi connectivity index (χ0) is 12.1. The van der Waals surface area contributed by atoms with Gasteiger partial charge < -0.3 is 5.11 Å². The summed E-state index contributed by atoms with van der Waals surface area (Å²) in [5, 5.41) is 9.95. The van der Waals surface area contributed by atoms with Crippen LogP contribution in [0.4, 0.5) is 0 Å². The van der Waals surface area contributed by atoms with Gasteiger partial charge in [-0.1, -0.05) is 54.6 Å². The predicted octanol–water partition coefficient (Wildman–Crippen LogP) is 2.60. The maximum absolute atomic E-state index is 11.6. The van der Waals surface area contributed by atoms with Gasteiger partial charge in [0, 0.05) is 6.42 Å². The van der Waals surface area contributed by atoms with E-state index < -0.39 is 6.10 Å². The number of Topliss-reactive ketones (excluding diaryl/α,β-unsaturated/α-hetero) is 1. The third-order valence-corrected chi connectivity index (χ3v) is 2.93. The van der Waals surface area contributed by atoms with Crippen LogP contribution in [-0.4, -0.2) is 17.0 Å². The zero-order valence-electron chi connectivity index (χ0n) is 9.62. The molecule has 17 heavy (non-hydrogen) atoms. The van der Waals surface area contributed by atoms with Gasteiger partial charge in [0.15, 0.2) is 0 Å². The molecule has 0 saturated carbocycles. The lowest BCUT2D eigenvalue weighted by Gasteiger charge is -2.18. The lowest BCUT2D eigenvalue weighted by atomic mass is 9.89. The minimum absolute atomic E-state index is 0.123. The van der Waals surface area contributed by atoms with Gasteiger partial charge in [0.2, 0.25) is 0 Å². The van der Waals surface area contributed by atoms with Gasteiger partial charge >= 0.3 is 0 Å². The van der Waals surface area contributed by atoms with Crippen LogP contribution >= 0.6 is 0 Å². The number of ketones is 1. The topological polar surface area (TPSA) is 37.3 Å². The molecule has 2 nitrogen and oxygen atoms in total. The first kappa shape index (κ1) is 11.8. The third-order valence-electron chi connectivity index (χ3n) is 2.93. The van der Waals surface area contributed by atoms with Gasteiger partial charge in [0.1, 0.15) is 5.78 Å². The molecule has 0 bridgehead atoms. The summed E-state index contributed by atoms with van der Waals surface area (Å²) in [5.41, 5.74) is 1.03. The van der Waals surface area contributed by atoms with Crippen LogP contribution in [0.1, 0.15) is 18.4 Å². The molecule has 2 rings (SSSR count). The molecule has 2 unspecified atom stereocenters. The summed E-state index contributed by atoms with van der Waals surface area (Å²) in [5.74, 6) is -0.249. The molecule has 1 aliphatic rings. The van der Waals surface area contributed by atoms with Crippen LogP contribution in [0.2, 0.25) is 0 Å². The van der Waals surface area contributed by atoms with Crippen molar-refractivity contribution in [3.8, 4) is 0 Å². The minimum Gasteiger partial charge on any atom is -0.388 e. The second kappa shape index (κ2) is 5.60. The van der Waals surface area contributed by atoms with E-state index in [1.165, 1.54) is 0 Å². The second-order valence-corrected chi connectivity index (χ2v) is 4.22. The number of allylic oxidation sites excluding steroid dienone is 1. The number of aliphatic hydroxyl groups excluding tert-OH is 1. The molecule has 0 aliphatic heterocycles. The summed E-state index contributed by atoms with van der Waals surface area (Å²) in [7, 11) is 0. The Morgan fingerprint density at radius 2 is 2.06 bits per heavy atom. The molecule has 0 radical (unpaired) electrons. The van der Waals surface area contributed by atoms with Crippen LogP contribution in [-0.2, 0) is 4.79 Å². The van der Waals surface area contributed by atoms with E-state index in [2.05, 4.69) is 0 Å². The van der Waals surface area contributed by atoms with Crippen LogP contribution < -0.4 is 0 Å². The van der Waals surface area contributed by atoms with Crippen LogP contribution in [0.3, 0.4) is 0 Å². The van der Waals surface area contributed by atoms with E-state index in [-0.39, 0.29) is 11.7 Å². The number of aliphatic hydroxyl groups is 1. The van der Waals surface area contributed by atoms with Gasteiger partial charge in [-0.05, 0) is 12.0 Å². The summed E-state index contributed by atoms with van der Waals surface area (Å²) >= 11 is 0. The van der Waals surface area contributed by atoms with Gasteiger partial charge in [0.25, 0.3) is 0 Å². The van der Waals surface area contributed by atoms with Crippen molar-refractivity contribution >= 4 is 11.9 Å². The normalized spacial score (nSPS) is 21.9. The van der Waals surface area contributed by atoms with E-state index in [4.69, 9.17) is 0 Å². The molecule has 1 aliphatic carbocycles. The standard InChI is InChI=1S/C15H16O2/c16-14-9-5-4-8-13(14)15(17)11-10-12-6-2-1-3-7-12/h1-4,6-8,10-11,13,15,17H,5,9H2. The number of hydrogen-bond donors (Lipinski definition) is 1. The van der Waals surface area contributed by atoms with Crippen molar-refractivity contribution in [2.45, 2.75) is 18.9 Å². The molecule has 88 valence electrons. The van der Waals surface area contributed by atoms with Crippen molar-refractivity contribution in [1.29, 1.82) is 0 Å². The summed E-state index contributed by atoms with van der Waals surface area (Å²) in [6.45, 7) is 0. The quantitative estimate of drug-likeness (QED) is 0.807. The van der Waals surface area contributed by atoms with E-state index in [0.29, 0.717) is 6.42 Å². The van der Waals surface area contributed by atoms with E-state index in [1.54, 1.807) is 6.08 Å². The molecular weight excluding hydrogens is 212 g/mol. The fourth-order valence-electron chi connectivity index (χ4n) is 1.94. The lowest BCUT2D eigenvalue weighted by Crippen LogP contribution is -2.26. The Balaban J connectivity index is 2.03. The van der Waals surface area contributed by atoms with Crippen molar-refractivity contribution in [2.75, 3.05) is 0 Å². The highest BCUT2D eigenvalue weighted by Gasteiger charge is 2.23. The van der Waals surface area contributed by atoms with Gasteiger partial charge in [-0.15, -0.1) is 0 Å². The summed E-state index contributed by atoms with van der Waals surface area (Å²) in [6.07, 6.45) is 7.92. The van der Waals surface area contributed by atoms with Crippen molar-refractivity contribution in [3.63, 3.8) is 0 Å². The van der Waals surface area contributed by atoms with E-state index in [9.17, 15) is 9.90 Å². The minimum atomic E-state index is -0.723. The van der Waals surface area contributed by atoms with Crippen LogP contribution in [0.15, 0.2) is 48.6 Å². The molecule has 1 N–H and O–H groups in total. The highest BCUT2D eigenvalue weighted by Crippen LogP contribution is 2.18. The second-order valence-electron chi connectivity index (χ2n) is 4.22. The van der Waals surface area contributed by atoms with Gasteiger partial charge in [-0.2, -0.15) is 0 Å². The van der Waals surface area contributed by atoms with Crippen molar-refractivity contribution in [1.82, 2.24) is 0 Å². The number of benzene rings is 1. The van der Waals surface area contributed by atoms with E-state index in [1.807, 2.05) is 48.6 Å². The molecule has 0 saturated heterocycles. The molecule has 0 fully saturated rings. The van der Waals surface area contributed by atoms with Crippen molar-refractivity contribution < 1.29 is 9.90 Å². The fraction of sp³-hybridized carbons (Fsp3) is 0.267. The van der Waals surface area contributed by atoms with Crippen molar-refractivity contribution in [3.05, 3.63) is 54.1 Å². The van der Waals surface area contributed by atoms with Crippen LogP contribution in [0.5, 0.6) is 0 Å². The van der Waals surface area contributed by atoms with Gasteiger partial charge in [-0.3, -0.25) is 4.79 Å². The monoisotopic (exact) mass is 228 g/mol. The Morgan fingerprint density at radius 1 is 1.29 bits per heavy atom. The summed E-state index contributed by atoms with van der Waals surface area (Å²) in [4.78, 5) is 11.6. The molecule has 0 amide bonds. The number of carbonyl (C=O) groups excluding carboxylic acids is 1. The lowest BCUT2D eigenvalue weighted by molar-refractivity contribution is -0.123. The summed E-state index contributed by atoms with van der Waals surface area (Å²) in [6, 6.07) is 9.75. The SMILES string of the molecule is O=C1CCC=CC1C(O)C=Cc1ccccc1. The smallest absolute Gasteiger partial charge is 0.142 e. The van der Waals surface area contributed by atoms with Gasteiger partial charge in [-0.25, -0.2) is 0 Å². The third kappa shape index (κ3) is 3.14. The Hall–Kier alpha value is -1.67. The molecule has 0 spiro atoms. The maximum atomic E-state index is 11.6. The molecule has 1 aromatic carbocycles. The first-order valence-electron chi connectivity index (χ1n) is 5.88. The molecule has 2 atom stereocenters. The number of carbonyl (C=O) groups is 1. The Kier molecular flexibility index (Phi) is 3.89. The zero-order valence-corrected chi connectivity index (χ0v) is 9.62. The fourth-order valence-corrected chi connectivity index (χ4v) is 1.94. The van der Waals surface area contributed by atoms with Crippen molar-refractivity contribution in [2.24, 2.45) is 5.92 Å². The Bertz CT molecular complexity index is 431. The maximum Gasteiger partial charge on any atom is 0.142 e. The van der Waals surface area contributed by atoms with Crippen LogP contribution in [0.25, 0.3) is 6.08 Å². The first-order chi connectivity index (χ1) is 8.27. The molecular formula is C15H16O2.